The molecule has 0 bridgehead atoms. The van der Waals surface area contributed by atoms with Crippen molar-refractivity contribution < 1.29 is 8.42 Å². The van der Waals surface area contributed by atoms with E-state index in [0.717, 1.165) is 24.4 Å². The van der Waals surface area contributed by atoms with Crippen LogP contribution in [0.1, 0.15) is 13.8 Å². The van der Waals surface area contributed by atoms with Crippen molar-refractivity contribution in [2.24, 2.45) is 0 Å². The fourth-order valence-electron chi connectivity index (χ4n) is 2.02. The molecule has 0 unspecified atom stereocenters. The average molecular weight is 309 g/mol. The molecule has 1 aromatic heterocycles. The molecule has 0 saturated carbocycles. The Bertz CT molecular complexity index is 505. The number of hydrogen-bond donors (Lipinski definition) is 0. The third kappa shape index (κ3) is 2.88. The van der Waals surface area contributed by atoms with E-state index in [1.54, 1.807) is 16.4 Å². The molecular formula is C11H17ClN2O2S2. The number of sulfonamides is 1. The molecule has 1 aromatic rings. The predicted octanol–water partition coefficient (Wildman–Crippen LogP) is 2.12. The number of thiophene rings is 1. The molecular weight excluding hydrogens is 292 g/mol. The van der Waals surface area contributed by atoms with Gasteiger partial charge in [0.25, 0.3) is 10.0 Å². The lowest BCUT2D eigenvalue weighted by molar-refractivity contribution is 0.154. The molecule has 1 saturated heterocycles. The smallest absolute Gasteiger partial charge is 0.252 e. The molecule has 0 amide bonds. The van der Waals surface area contributed by atoms with E-state index in [4.69, 9.17) is 11.6 Å². The molecule has 4 nitrogen and oxygen atoms in total. The van der Waals surface area contributed by atoms with Crippen molar-refractivity contribution >= 4 is 33.0 Å². The number of halogens is 1. The first kappa shape index (κ1) is 14.3. The summed E-state index contributed by atoms with van der Waals surface area (Å²) in [7, 11) is -3.35. The van der Waals surface area contributed by atoms with Crippen molar-refractivity contribution in [3.8, 4) is 0 Å². The first-order valence-corrected chi connectivity index (χ1v) is 8.54. The Morgan fingerprint density at radius 2 is 1.83 bits per heavy atom. The van der Waals surface area contributed by atoms with Crippen LogP contribution in [0.15, 0.2) is 16.3 Å². The number of rotatable bonds is 3. The van der Waals surface area contributed by atoms with Crippen LogP contribution in [-0.4, -0.2) is 49.8 Å². The molecule has 0 aliphatic carbocycles. The summed E-state index contributed by atoms with van der Waals surface area (Å²) in [6.07, 6.45) is 0. The highest BCUT2D eigenvalue weighted by molar-refractivity contribution is 7.91. The monoisotopic (exact) mass is 308 g/mol. The van der Waals surface area contributed by atoms with E-state index in [0.29, 0.717) is 27.7 Å². The van der Waals surface area contributed by atoms with Crippen LogP contribution in [0.3, 0.4) is 0 Å². The van der Waals surface area contributed by atoms with Gasteiger partial charge in [-0.05, 0) is 26.0 Å². The van der Waals surface area contributed by atoms with Gasteiger partial charge in [0.2, 0.25) is 0 Å². The van der Waals surface area contributed by atoms with Crippen LogP contribution in [0.25, 0.3) is 0 Å². The minimum Gasteiger partial charge on any atom is -0.298 e. The van der Waals surface area contributed by atoms with Crippen molar-refractivity contribution in [1.29, 1.82) is 0 Å². The van der Waals surface area contributed by atoms with Crippen LogP contribution in [0.4, 0.5) is 0 Å². The highest BCUT2D eigenvalue weighted by Gasteiger charge is 2.30. The summed E-state index contributed by atoms with van der Waals surface area (Å²) in [4.78, 5) is 2.29. The minimum absolute atomic E-state index is 0.338. The average Bonchev–Trinajstić information content (AvgIpc) is 2.76. The van der Waals surface area contributed by atoms with Crippen molar-refractivity contribution in [2.75, 3.05) is 26.2 Å². The quantitative estimate of drug-likeness (QED) is 0.859. The highest BCUT2D eigenvalue weighted by atomic mass is 35.5. The van der Waals surface area contributed by atoms with E-state index in [1.807, 2.05) is 0 Å². The molecule has 7 heteroatoms. The Kier molecular flexibility index (Phi) is 4.33. The Balaban J connectivity index is 2.09. The van der Waals surface area contributed by atoms with Gasteiger partial charge >= 0.3 is 0 Å². The zero-order valence-corrected chi connectivity index (χ0v) is 12.9. The molecule has 0 aromatic carbocycles. The van der Waals surface area contributed by atoms with Crippen LogP contribution in [0.2, 0.25) is 4.34 Å². The Labute approximate surface area is 117 Å². The van der Waals surface area contributed by atoms with Crippen LogP contribution in [-0.2, 0) is 10.0 Å². The molecule has 0 N–H and O–H groups in total. The number of piperazine rings is 1. The maximum atomic E-state index is 12.3. The largest absolute Gasteiger partial charge is 0.298 e. The summed E-state index contributed by atoms with van der Waals surface area (Å²) in [6, 6.07) is 3.67. The first-order chi connectivity index (χ1) is 8.41. The van der Waals surface area contributed by atoms with E-state index in [1.165, 1.54) is 0 Å². The van der Waals surface area contributed by atoms with E-state index in [-0.39, 0.29) is 0 Å². The molecule has 0 radical (unpaired) electrons. The van der Waals surface area contributed by atoms with Crippen LogP contribution in [0, 0.1) is 0 Å². The lowest BCUT2D eigenvalue weighted by atomic mass is 10.3. The fraction of sp³-hybridized carbons (Fsp3) is 0.636. The molecule has 102 valence electrons. The van der Waals surface area contributed by atoms with Gasteiger partial charge in [-0.25, -0.2) is 8.42 Å². The van der Waals surface area contributed by atoms with Crippen LogP contribution < -0.4 is 0 Å². The first-order valence-electron chi connectivity index (χ1n) is 5.91. The molecule has 1 aliphatic heterocycles. The van der Waals surface area contributed by atoms with Gasteiger partial charge in [-0.2, -0.15) is 4.31 Å². The fourth-order valence-corrected chi connectivity index (χ4v) is 5.08. The van der Waals surface area contributed by atoms with Crippen molar-refractivity contribution in [2.45, 2.75) is 24.1 Å². The van der Waals surface area contributed by atoms with E-state index < -0.39 is 10.0 Å². The molecule has 1 aliphatic rings. The molecule has 0 spiro atoms. The normalized spacial score (nSPS) is 19.6. The van der Waals surface area contributed by atoms with Gasteiger partial charge in [0.15, 0.2) is 0 Å². The van der Waals surface area contributed by atoms with Crippen molar-refractivity contribution in [3.63, 3.8) is 0 Å². The lowest BCUT2D eigenvalue weighted by Crippen LogP contribution is -2.50. The summed E-state index contributed by atoms with van der Waals surface area (Å²) >= 11 is 6.92. The Morgan fingerprint density at radius 1 is 1.22 bits per heavy atom. The summed E-state index contributed by atoms with van der Waals surface area (Å²) in [5.41, 5.74) is 0. The topological polar surface area (TPSA) is 40.6 Å². The summed E-state index contributed by atoms with van der Waals surface area (Å²) in [5.74, 6) is 0. The lowest BCUT2D eigenvalue weighted by Gasteiger charge is -2.35. The van der Waals surface area contributed by atoms with E-state index >= 15 is 0 Å². The van der Waals surface area contributed by atoms with Gasteiger partial charge in [0, 0.05) is 32.2 Å². The van der Waals surface area contributed by atoms with Crippen molar-refractivity contribution in [3.05, 3.63) is 16.5 Å². The summed E-state index contributed by atoms with van der Waals surface area (Å²) in [6.45, 7) is 6.93. The zero-order chi connectivity index (χ0) is 13.3. The molecule has 2 rings (SSSR count). The van der Waals surface area contributed by atoms with Crippen LogP contribution in [0.5, 0.6) is 0 Å². The van der Waals surface area contributed by atoms with Gasteiger partial charge in [0.05, 0.1) is 4.34 Å². The second-order valence-electron chi connectivity index (χ2n) is 4.59. The van der Waals surface area contributed by atoms with E-state index in [2.05, 4.69) is 18.7 Å². The number of hydrogen-bond acceptors (Lipinski definition) is 4. The van der Waals surface area contributed by atoms with Gasteiger partial charge in [-0.3, -0.25) is 4.90 Å². The van der Waals surface area contributed by atoms with Crippen molar-refractivity contribution in [1.82, 2.24) is 9.21 Å². The van der Waals surface area contributed by atoms with Gasteiger partial charge in [0.1, 0.15) is 4.21 Å². The molecule has 2 heterocycles. The zero-order valence-electron chi connectivity index (χ0n) is 10.5. The molecule has 0 atom stereocenters. The highest BCUT2D eigenvalue weighted by Crippen LogP contribution is 2.28. The number of nitrogens with zero attached hydrogens (tertiary/aromatic N) is 2. The summed E-state index contributed by atoms with van der Waals surface area (Å²) in [5, 5.41) is 0. The minimum atomic E-state index is -3.35. The van der Waals surface area contributed by atoms with Crippen LogP contribution >= 0.6 is 22.9 Å². The van der Waals surface area contributed by atoms with Gasteiger partial charge in [-0.15, -0.1) is 11.3 Å². The second-order valence-corrected chi connectivity index (χ2v) is 8.47. The Hall–Kier alpha value is -0.140. The molecule has 18 heavy (non-hydrogen) atoms. The van der Waals surface area contributed by atoms with E-state index in [9.17, 15) is 8.42 Å². The van der Waals surface area contributed by atoms with Gasteiger partial charge in [-0.1, -0.05) is 11.6 Å². The third-order valence-electron chi connectivity index (χ3n) is 3.15. The molecule has 1 fully saturated rings. The SMILES string of the molecule is CC(C)N1CCN(S(=O)(=O)c2ccc(Cl)s2)CC1. The summed E-state index contributed by atoms with van der Waals surface area (Å²) < 4.78 is 27.1. The standard InChI is InChI=1S/C11H17ClN2O2S2/c1-9(2)13-5-7-14(8-6-13)18(15,16)11-4-3-10(12)17-11/h3-4,9H,5-8H2,1-2H3. The second kappa shape index (κ2) is 5.46. The van der Waals surface area contributed by atoms with Gasteiger partial charge < -0.3 is 0 Å². The maximum Gasteiger partial charge on any atom is 0.252 e. The Morgan fingerprint density at radius 3 is 2.28 bits per heavy atom. The third-order valence-corrected chi connectivity index (χ3v) is 6.74. The maximum absolute atomic E-state index is 12.3. The predicted molar refractivity (Wildman–Crippen MR) is 74.8 cm³/mol.